The van der Waals surface area contributed by atoms with Crippen LogP contribution in [0.2, 0.25) is 5.15 Å². The summed E-state index contributed by atoms with van der Waals surface area (Å²) in [4.78, 5) is 16.2. The van der Waals surface area contributed by atoms with Crippen LogP contribution in [0.1, 0.15) is 15.9 Å². The van der Waals surface area contributed by atoms with Gasteiger partial charge in [-0.1, -0.05) is 11.6 Å². The van der Waals surface area contributed by atoms with Crippen molar-refractivity contribution in [1.82, 2.24) is 10.4 Å². The summed E-state index contributed by atoms with van der Waals surface area (Å²) in [6.07, 6.45) is 1.40. The number of aromatic nitrogens is 1. The molecule has 3 rings (SSSR count). The van der Waals surface area contributed by atoms with Crippen LogP contribution in [0, 0.1) is 5.82 Å². The van der Waals surface area contributed by atoms with Crippen LogP contribution < -0.4 is 10.2 Å². The fourth-order valence-corrected chi connectivity index (χ4v) is 2.38. The molecule has 0 saturated heterocycles. The number of carbonyl (C=O) groups is 1. The van der Waals surface area contributed by atoms with Gasteiger partial charge in [0.1, 0.15) is 16.7 Å². The number of nitrogens with zero attached hydrogens (tertiary/aromatic N) is 2. The Hall–Kier alpha value is -2.99. The second kappa shape index (κ2) is 7.27. The topological polar surface area (TPSA) is 63.6 Å². The van der Waals surface area contributed by atoms with Crippen LogP contribution in [0.5, 0.6) is 5.75 Å². The SMILES string of the molecule is COc1ccc2cc(/C=N\NC(=O)c3ccc(F)cc3)c(Cl)nc2c1. The highest BCUT2D eigenvalue weighted by Crippen LogP contribution is 2.23. The third kappa shape index (κ3) is 3.92. The lowest BCUT2D eigenvalue weighted by molar-refractivity contribution is 0.0955. The van der Waals surface area contributed by atoms with Gasteiger partial charge in [0.15, 0.2) is 0 Å². The molecule has 0 aliphatic rings. The van der Waals surface area contributed by atoms with Crippen LogP contribution in [0.25, 0.3) is 10.9 Å². The molecule has 1 amide bonds. The number of pyridine rings is 1. The molecule has 0 aliphatic heterocycles. The average Bonchev–Trinajstić information content (AvgIpc) is 2.62. The van der Waals surface area contributed by atoms with Gasteiger partial charge in [-0.05, 0) is 42.5 Å². The van der Waals surface area contributed by atoms with E-state index in [9.17, 15) is 9.18 Å². The third-order valence-electron chi connectivity index (χ3n) is 3.48. The molecule has 2 aromatic carbocycles. The molecule has 0 fully saturated rings. The molecule has 0 aliphatic carbocycles. The van der Waals surface area contributed by atoms with E-state index in [2.05, 4.69) is 15.5 Å². The second-order valence-corrected chi connectivity index (χ2v) is 5.49. The van der Waals surface area contributed by atoms with Gasteiger partial charge in [-0.3, -0.25) is 4.79 Å². The summed E-state index contributed by atoms with van der Waals surface area (Å²) in [7, 11) is 1.58. The van der Waals surface area contributed by atoms with Crippen LogP contribution in [0.4, 0.5) is 4.39 Å². The standard InChI is InChI=1S/C18H13ClFN3O2/c1-25-15-7-4-12-8-13(17(19)22-16(12)9-15)10-21-23-18(24)11-2-5-14(20)6-3-11/h2-10H,1H3,(H,23,24)/b21-10-. The highest BCUT2D eigenvalue weighted by Gasteiger charge is 2.06. The van der Waals surface area contributed by atoms with Gasteiger partial charge in [0.2, 0.25) is 0 Å². The maximum absolute atomic E-state index is 12.9. The number of hydrogen-bond donors (Lipinski definition) is 1. The summed E-state index contributed by atoms with van der Waals surface area (Å²) in [5, 5.41) is 4.98. The number of nitrogens with one attached hydrogen (secondary N) is 1. The van der Waals surface area contributed by atoms with E-state index in [-0.39, 0.29) is 5.15 Å². The van der Waals surface area contributed by atoms with Gasteiger partial charge in [0, 0.05) is 22.6 Å². The molecule has 126 valence electrons. The number of fused-ring (bicyclic) bond motifs is 1. The Morgan fingerprint density at radius 2 is 2.00 bits per heavy atom. The Morgan fingerprint density at radius 1 is 1.24 bits per heavy atom. The first kappa shape index (κ1) is 16.9. The molecule has 0 atom stereocenters. The Morgan fingerprint density at radius 3 is 2.72 bits per heavy atom. The minimum Gasteiger partial charge on any atom is -0.497 e. The average molecular weight is 358 g/mol. The van der Waals surface area contributed by atoms with Crippen molar-refractivity contribution in [2.45, 2.75) is 0 Å². The molecule has 3 aromatic rings. The fourth-order valence-electron chi connectivity index (χ4n) is 2.18. The number of amides is 1. The number of hydrazone groups is 1. The van der Waals surface area contributed by atoms with Crippen molar-refractivity contribution in [3.05, 3.63) is 70.6 Å². The van der Waals surface area contributed by atoms with Crippen molar-refractivity contribution in [3.8, 4) is 5.75 Å². The van der Waals surface area contributed by atoms with Gasteiger partial charge in [0.05, 0.1) is 18.8 Å². The van der Waals surface area contributed by atoms with E-state index in [1.54, 1.807) is 19.2 Å². The molecule has 0 saturated carbocycles. The van der Waals surface area contributed by atoms with Crippen LogP contribution in [-0.4, -0.2) is 24.2 Å². The molecule has 1 heterocycles. The molecule has 25 heavy (non-hydrogen) atoms. The summed E-state index contributed by atoms with van der Waals surface area (Å²) >= 11 is 6.15. The normalized spacial score (nSPS) is 11.0. The van der Waals surface area contributed by atoms with Gasteiger partial charge in [-0.25, -0.2) is 14.8 Å². The summed E-state index contributed by atoms with van der Waals surface area (Å²) < 4.78 is 18.0. The van der Waals surface area contributed by atoms with E-state index in [0.29, 0.717) is 22.4 Å². The number of hydrogen-bond acceptors (Lipinski definition) is 4. The summed E-state index contributed by atoms with van der Waals surface area (Å²) in [5.41, 5.74) is 3.91. The van der Waals surface area contributed by atoms with E-state index in [1.807, 2.05) is 12.1 Å². The summed E-state index contributed by atoms with van der Waals surface area (Å²) in [5.74, 6) is -0.180. The monoisotopic (exact) mass is 357 g/mol. The van der Waals surface area contributed by atoms with Crippen LogP contribution in [-0.2, 0) is 0 Å². The highest BCUT2D eigenvalue weighted by atomic mass is 35.5. The maximum atomic E-state index is 12.9. The molecule has 1 N–H and O–H groups in total. The zero-order valence-corrected chi connectivity index (χ0v) is 13.9. The number of carbonyl (C=O) groups excluding carboxylic acids is 1. The Kier molecular flexibility index (Phi) is 4.90. The van der Waals surface area contributed by atoms with Crippen molar-refractivity contribution >= 4 is 34.6 Å². The molecular formula is C18H13ClFN3O2. The van der Waals surface area contributed by atoms with Crippen LogP contribution in [0.3, 0.4) is 0 Å². The van der Waals surface area contributed by atoms with Crippen molar-refractivity contribution in [2.24, 2.45) is 5.10 Å². The van der Waals surface area contributed by atoms with Crippen molar-refractivity contribution in [3.63, 3.8) is 0 Å². The minimum absolute atomic E-state index is 0.250. The molecule has 7 heteroatoms. The van der Waals surface area contributed by atoms with Crippen molar-refractivity contribution < 1.29 is 13.9 Å². The molecule has 1 aromatic heterocycles. The fraction of sp³-hybridized carbons (Fsp3) is 0.0556. The molecule has 0 radical (unpaired) electrons. The summed E-state index contributed by atoms with van der Waals surface area (Å²) in [6.45, 7) is 0. The Balaban J connectivity index is 1.77. The van der Waals surface area contributed by atoms with Crippen molar-refractivity contribution in [1.29, 1.82) is 0 Å². The third-order valence-corrected chi connectivity index (χ3v) is 3.78. The maximum Gasteiger partial charge on any atom is 0.271 e. The number of ether oxygens (including phenoxy) is 1. The molecule has 0 bridgehead atoms. The molecule has 0 spiro atoms. The van der Waals surface area contributed by atoms with E-state index < -0.39 is 11.7 Å². The first-order valence-corrected chi connectivity index (χ1v) is 7.68. The van der Waals surface area contributed by atoms with Gasteiger partial charge in [-0.15, -0.1) is 0 Å². The van der Waals surface area contributed by atoms with E-state index in [0.717, 1.165) is 5.39 Å². The van der Waals surface area contributed by atoms with Gasteiger partial charge in [-0.2, -0.15) is 5.10 Å². The Bertz CT molecular complexity index is 958. The zero-order valence-electron chi connectivity index (χ0n) is 13.2. The first-order chi connectivity index (χ1) is 12.1. The quantitative estimate of drug-likeness (QED) is 0.439. The predicted molar refractivity (Wildman–Crippen MR) is 94.8 cm³/mol. The number of rotatable bonds is 4. The smallest absolute Gasteiger partial charge is 0.271 e. The van der Waals surface area contributed by atoms with Gasteiger partial charge < -0.3 is 4.74 Å². The number of halogens is 2. The second-order valence-electron chi connectivity index (χ2n) is 5.13. The highest BCUT2D eigenvalue weighted by molar-refractivity contribution is 6.32. The van der Waals surface area contributed by atoms with Crippen molar-refractivity contribution in [2.75, 3.05) is 7.11 Å². The van der Waals surface area contributed by atoms with E-state index in [1.165, 1.54) is 30.5 Å². The minimum atomic E-state index is -0.453. The molecule has 0 unspecified atom stereocenters. The summed E-state index contributed by atoms with van der Waals surface area (Å²) in [6, 6.07) is 12.4. The van der Waals surface area contributed by atoms with E-state index >= 15 is 0 Å². The molecular weight excluding hydrogens is 345 g/mol. The first-order valence-electron chi connectivity index (χ1n) is 7.30. The number of methoxy groups -OCH3 is 1. The Labute approximate surface area is 148 Å². The lowest BCUT2D eigenvalue weighted by atomic mass is 10.1. The van der Waals surface area contributed by atoms with Crippen LogP contribution >= 0.6 is 11.6 Å². The van der Waals surface area contributed by atoms with Gasteiger partial charge in [0.25, 0.3) is 5.91 Å². The lowest BCUT2D eigenvalue weighted by Gasteiger charge is -2.04. The lowest BCUT2D eigenvalue weighted by Crippen LogP contribution is -2.17. The largest absolute Gasteiger partial charge is 0.497 e. The van der Waals surface area contributed by atoms with Crippen LogP contribution in [0.15, 0.2) is 53.6 Å². The zero-order chi connectivity index (χ0) is 17.8. The molecule has 5 nitrogen and oxygen atoms in total. The van der Waals surface area contributed by atoms with E-state index in [4.69, 9.17) is 16.3 Å². The predicted octanol–water partition coefficient (Wildman–Crippen LogP) is 3.80. The number of benzene rings is 2. The van der Waals surface area contributed by atoms with Gasteiger partial charge >= 0.3 is 0 Å².